The Morgan fingerprint density at radius 2 is 1.85 bits per heavy atom. The Kier molecular flexibility index (Phi) is 7.63. The van der Waals surface area contributed by atoms with Crippen LogP contribution in [0.1, 0.15) is 29.1 Å². The van der Waals surface area contributed by atoms with Crippen molar-refractivity contribution >= 4 is 18.0 Å². The number of nitrogens with one attached hydrogen (secondary N) is 2. The number of furan rings is 1. The van der Waals surface area contributed by atoms with E-state index in [9.17, 15) is 14.4 Å². The van der Waals surface area contributed by atoms with E-state index in [1.807, 2.05) is 30.3 Å². The first-order valence-electron chi connectivity index (χ1n) is 12.5. The maximum atomic E-state index is 13.5. The molecule has 3 heterocycles. The molecule has 11 heteroatoms. The number of benzene rings is 2. The molecule has 1 atom stereocenters. The van der Waals surface area contributed by atoms with Crippen LogP contribution < -0.4 is 15.4 Å². The fourth-order valence-corrected chi connectivity index (χ4v) is 4.29. The second kappa shape index (κ2) is 11.6. The zero-order chi connectivity index (χ0) is 28.1. The number of amides is 2. The lowest BCUT2D eigenvalue weighted by Crippen LogP contribution is -2.47. The van der Waals surface area contributed by atoms with Gasteiger partial charge in [0.2, 0.25) is 0 Å². The lowest BCUT2D eigenvalue weighted by atomic mass is 10.0. The van der Waals surface area contributed by atoms with Gasteiger partial charge in [0.05, 0.1) is 36.9 Å². The van der Waals surface area contributed by atoms with Crippen LogP contribution in [0.5, 0.6) is 5.75 Å². The number of carbonyl (C=O) groups is 3. The van der Waals surface area contributed by atoms with Gasteiger partial charge in [0, 0.05) is 11.8 Å². The summed E-state index contributed by atoms with van der Waals surface area (Å²) in [6.07, 6.45) is 3.00. The van der Waals surface area contributed by atoms with Crippen LogP contribution in [0.25, 0.3) is 16.9 Å². The molecule has 0 saturated carbocycles. The third kappa shape index (κ3) is 5.44. The molecule has 0 radical (unpaired) electrons. The highest BCUT2D eigenvalue weighted by Crippen LogP contribution is 2.30. The number of hydrogen-bond donors (Lipinski definition) is 2. The van der Waals surface area contributed by atoms with Crippen molar-refractivity contribution < 1.29 is 33.0 Å². The van der Waals surface area contributed by atoms with Crippen molar-refractivity contribution in [1.29, 1.82) is 0 Å². The van der Waals surface area contributed by atoms with Gasteiger partial charge in [-0.1, -0.05) is 30.3 Å². The standard InChI is InChI=1S/C29H26N4O7/c1-3-38-28(35)24-22(30-29(36)31-26(24)23-13-8-14-39-23)17-40-27(34)21-16-33(19-10-5-4-6-11-19)32-25(21)18-9-7-12-20(15-18)37-2/h4-16,26H,3,17H2,1-2H3,(H2,30,31,36). The minimum atomic E-state index is -0.926. The third-order valence-corrected chi connectivity index (χ3v) is 6.12. The predicted octanol–water partition coefficient (Wildman–Crippen LogP) is 4.17. The first-order chi connectivity index (χ1) is 19.5. The molecular formula is C29H26N4O7. The molecule has 0 aliphatic carbocycles. The average molecular weight is 543 g/mol. The van der Waals surface area contributed by atoms with Crippen LogP contribution in [0.4, 0.5) is 4.79 Å². The minimum Gasteiger partial charge on any atom is -0.497 e. The number of urea groups is 1. The van der Waals surface area contributed by atoms with E-state index >= 15 is 0 Å². The van der Waals surface area contributed by atoms with E-state index in [4.69, 9.17) is 18.6 Å². The maximum Gasteiger partial charge on any atom is 0.342 e. The number of ether oxygens (including phenoxy) is 3. The van der Waals surface area contributed by atoms with Crippen LogP contribution in [-0.2, 0) is 14.3 Å². The molecular weight excluding hydrogens is 516 g/mol. The van der Waals surface area contributed by atoms with Gasteiger partial charge in [-0.2, -0.15) is 5.10 Å². The van der Waals surface area contributed by atoms with Crippen molar-refractivity contribution in [3.05, 3.63) is 102 Å². The van der Waals surface area contributed by atoms with Crippen LogP contribution >= 0.6 is 0 Å². The highest BCUT2D eigenvalue weighted by atomic mass is 16.5. The minimum absolute atomic E-state index is 0.0669. The van der Waals surface area contributed by atoms with Gasteiger partial charge >= 0.3 is 18.0 Å². The average Bonchev–Trinajstić information content (AvgIpc) is 3.67. The zero-order valence-corrected chi connectivity index (χ0v) is 21.7. The molecule has 0 spiro atoms. The molecule has 0 fully saturated rings. The Morgan fingerprint density at radius 1 is 1.02 bits per heavy atom. The number of para-hydroxylation sites is 1. The quantitative estimate of drug-likeness (QED) is 0.301. The van der Waals surface area contributed by atoms with E-state index in [1.165, 1.54) is 6.26 Å². The molecule has 4 aromatic rings. The molecule has 2 aromatic heterocycles. The zero-order valence-electron chi connectivity index (χ0n) is 21.7. The molecule has 2 aromatic carbocycles. The molecule has 11 nitrogen and oxygen atoms in total. The van der Waals surface area contributed by atoms with Crippen LogP contribution in [0.3, 0.4) is 0 Å². The smallest absolute Gasteiger partial charge is 0.342 e. The van der Waals surface area contributed by atoms with Gasteiger partial charge in [0.15, 0.2) is 0 Å². The normalized spacial score (nSPS) is 14.8. The van der Waals surface area contributed by atoms with E-state index < -0.39 is 30.6 Å². The van der Waals surface area contributed by atoms with Crippen LogP contribution in [0, 0.1) is 0 Å². The van der Waals surface area contributed by atoms with Gasteiger partial charge in [-0.3, -0.25) is 0 Å². The molecule has 40 heavy (non-hydrogen) atoms. The summed E-state index contributed by atoms with van der Waals surface area (Å²) in [5.41, 5.74) is 2.08. The Hall–Kier alpha value is -5.32. The van der Waals surface area contributed by atoms with Crippen molar-refractivity contribution in [3.8, 4) is 22.7 Å². The van der Waals surface area contributed by atoms with Crippen molar-refractivity contribution in [3.63, 3.8) is 0 Å². The second-order valence-electron chi connectivity index (χ2n) is 8.64. The largest absolute Gasteiger partial charge is 0.497 e. The summed E-state index contributed by atoms with van der Waals surface area (Å²) >= 11 is 0. The summed E-state index contributed by atoms with van der Waals surface area (Å²) in [5.74, 6) is -0.475. The van der Waals surface area contributed by atoms with Crippen molar-refractivity contribution in [2.45, 2.75) is 13.0 Å². The molecule has 1 unspecified atom stereocenters. The highest BCUT2D eigenvalue weighted by Gasteiger charge is 2.36. The van der Waals surface area contributed by atoms with E-state index in [2.05, 4.69) is 15.7 Å². The summed E-state index contributed by atoms with van der Waals surface area (Å²) in [4.78, 5) is 38.9. The number of hydrogen-bond acceptors (Lipinski definition) is 8. The molecule has 5 rings (SSSR count). The molecule has 1 aliphatic rings. The monoisotopic (exact) mass is 542 g/mol. The molecule has 2 N–H and O–H groups in total. The summed E-state index contributed by atoms with van der Waals surface area (Å²) in [6, 6.07) is 18.2. The lowest BCUT2D eigenvalue weighted by molar-refractivity contribution is -0.139. The SMILES string of the molecule is CCOC(=O)C1=C(COC(=O)c2cn(-c3ccccc3)nc2-c2cccc(OC)c2)NC(=O)NC1c1ccco1. The van der Waals surface area contributed by atoms with Gasteiger partial charge in [-0.25, -0.2) is 19.1 Å². The summed E-state index contributed by atoms with van der Waals surface area (Å²) in [6.45, 7) is 1.36. The molecule has 0 saturated heterocycles. The van der Waals surface area contributed by atoms with Gasteiger partial charge in [-0.15, -0.1) is 0 Å². The first kappa shape index (κ1) is 26.3. The fourth-order valence-electron chi connectivity index (χ4n) is 4.29. The van der Waals surface area contributed by atoms with Gasteiger partial charge < -0.3 is 29.3 Å². The second-order valence-corrected chi connectivity index (χ2v) is 8.64. The van der Waals surface area contributed by atoms with E-state index in [1.54, 1.807) is 61.3 Å². The van der Waals surface area contributed by atoms with Crippen LogP contribution in [0.15, 0.2) is 94.9 Å². The van der Waals surface area contributed by atoms with Crippen molar-refractivity contribution in [2.24, 2.45) is 0 Å². The fraction of sp³-hybridized carbons (Fsp3) is 0.172. The number of nitrogens with zero attached hydrogens (tertiary/aromatic N) is 2. The highest BCUT2D eigenvalue weighted by molar-refractivity contribution is 5.97. The number of methoxy groups -OCH3 is 1. The summed E-state index contributed by atoms with van der Waals surface area (Å²) in [5, 5.41) is 9.87. The number of aromatic nitrogens is 2. The Bertz CT molecular complexity index is 1560. The predicted molar refractivity (Wildman–Crippen MR) is 143 cm³/mol. The van der Waals surface area contributed by atoms with E-state index in [0.717, 1.165) is 5.69 Å². The van der Waals surface area contributed by atoms with Gasteiger partial charge in [0.25, 0.3) is 0 Å². The number of esters is 2. The van der Waals surface area contributed by atoms with Crippen molar-refractivity contribution in [1.82, 2.24) is 20.4 Å². The molecule has 0 bridgehead atoms. The van der Waals surface area contributed by atoms with Crippen molar-refractivity contribution in [2.75, 3.05) is 20.3 Å². The maximum absolute atomic E-state index is 13.5. The lowest BCUT2D eigenvalue weighted by Gasteiger charge is -2.27. The van der Waals surface area contributed by atoms with Crippen LogP contribution in [-0.4, -0.2) is 48.1 Å². The molecule has 204 valence electrons. The Labute approximate surface area is 229 Å². The number of carbonyl (C=O) groups excluding carboxylic acids is 3. The third-order valence-electron chi connectivity index (χ3n) is 6.12. The summed E-state index contributed by atoms with van der Waals surface area (Å²) in [7, 11) is 1.55. The van der Waals surface area contributed by atoms with Gasteiger partial charge in [0.1, 0.15) is 35.4 Å². The van der Waals surface area contributed by atoms with Crippen LogP contribution in [0.2, 0.25) is 0 Å². The Balaban J connectivity index is 1.50. The topological polar surface area (TPSA) is 134 Å². The van der Waals surface area contributed by atoms with Gasteiger partial charge in [-0.05, 0) is 43.3 Å². The number of rotatable bonds is 9. The van der Waals surface area contributed by atoms with E-state index in [-0.39, 0.29) is 23.4 Å². The Morgan fingerprint density at radius 3 is 2.58 bits per heavy atom. The molecule has 2 amide bonds. The summed E-state index contributed by atoms with van der Waals surface area (Å²) < 4.78 is 23.2. The van der Waals surface area contributed by atoms with E-state index in [0.29, 0.717) is 22.8 Å². The first-order valence-corrected chi connectivity index (χ1v) is 12.5. The molecule has 1 aliphatic heterocycles.